The molecule has 1 unspecified atom stereocenters. The number of aromatic nitrogens is 1. The molecule has 14 heavy (non-hydrogen) atoms. The predicted octanol–water partition coefficient (Wildman–Crippen LogP) is 3.20. The lowest BCUT2D eigenvalue weighted by Crippen LogP contribution is -2.27. The van der Waals surface area contributed by atoms with Gasteiger partial charge in [-0.2, -0.15) is 0 Å². The van der Waals surface area contributed by atoms with E-state index in [-0.39, 0.29) is 0 Å². The molecule has 2 nitrogen and oxygen atoms in total. The summed E-state index contributed by atoms with van der Waals surface area (Å²) < 4.78 is 0. The predicted molar refractivity (Wildman–Crippen MR) is 58.9 cm³/mol. The highest BCUT2D eigenvalue weighted by Crippen LogP contribution is 2.31. The average molecular weight is 231 g/mol. The van der Waals surface area contributed by atoms with E-state index in [0.717, 1.165) is 18.5 Å². The molecule has 0 bridgehead atoms. The van der Waals surface area contributed by atoms with Crippen molar-refractivity contribution in [2.24, 2.45) is 0 Å². The number of rotatable bonds is 1. The molecule has 0 saturated carbocycles. The first-order chi connectivity index (χ1) is 6.79. The molecule has 1 saturated heterocycles. The number of piperidine rings is 1. The molecule has 0 radical (unpaired) electrons. The first kappa shape index (κ1) is 10.2. The topological polar surface area (TPSA) is 24.9 Å². The first-order valence-corrected chi connectivity index (χ1v) is 5.58. The monoisotopic (exact) mass is 230 g/mol. The van der Waals surface area contributed by atoms with Crippen LogP contribution in [0.5, 0.6) is 0 Å². The van der Waals surface area contributed by atoms with Gasteiger partial charge < -0.3 is 5.32 Å². The summed E-state index contributed by atoms with van der Waals surface area (Å²) in [6.07, 6.45) is 5.32. The van der Waals surface area contributed by atoms with E-state index in [4.69, 9.17) is 23.2 Å². The van der Waals surface area contributed by atoms with Crippen LogP contribution in [0.25, 0.3) is 0 Å². The molecule has 0 amide bonds. The van der Waals surface area contributed by atoms with Crippen molar-refractivity contribution in [3.05, 3.63) is 28.0 Å². The third kappa shape index (κ3) is 2.02. The van der Waals surface area contributed by atoms with E-state index < -0.39 is 0 Å². The summed E-state index contributed by atoms with van der Waals surface area (Å²) in [6, 6.07) is 2.29. The van der Waals surface area contributed by atoms with Gasteiger partial charge in [0.05, 0.1) is 5.02 Å². The molecular weight excluding hydrogens is 219 g/mol. The smallest absolute Gasteiger partial charge is 0.147 e. The van der Waals surface area contributed by atoms with Gasteiger partial charge in [0.1, 0.15) is 5.15 Å². The second-order valence-electron chi connectivity index (χ2n) is 3.51. The number of nitrogens with one attached hydrogen (secondary N) is 1. The summed E-state index contributed by atoms with van der Waals surface area (Å²) >= 11 is 12.0. The molecule has 2 heterocycles. The minimum absolute atomic E-state index is 0.344. The van der Waals surface area contributed by atoms with Crippen molar-refractivity contribution in [2.45, 2.75) is 25.3 Å². The van der Waals surface area contributed by atoms with Crippen molar-refractivity contribution in [1.29, 1.82) is 0 Å². The number of pyridine rings is 1. The summed E-state index contributed by atoms with van der Waals surface area (Å²) in [5.74, 6) is 0. The minimum Gasteiger partial charge on any atom is -0.310 e. The maximum atomic E-state index is 6.09. The Kier molecular flexibility index (Phi) is 3.26. The quantitative estimate of drug-likeness (QED) is 0.750. The van der Waals surface area contributed by atoms with Crippen LogP contribution in [0.3, 0.4) is 0 Å². The zero-order chi connectivity index (χ0) is 9.97. The average Bonchev–Trinajstić information content (AvgIpc) is 2.23. The summed E-state index contributed by atoms with van der Waals surface area (Å²) in [6.45, 7) is 1.06. The summed E-state index contributed by atoms with van der Waals surface area (Å²) in [5, 5.41) is 4.42. The van der Waals surface area contributed by atoms with Gasteiger partial charge in [0.25, 0.3) is 0 Å². The molecule has 76 valence electrons. The van der Waals surface area contributed by atoms with Crippen LogP contribution in [0.1, 0.15) is 30.9 Å². The standard InChI is InChI=1S/C10H12Cl2N2/c11-9-7(4-6-14-10(9)12)8-3-1-2-5-13-8/h4,6,8,13H,1-3,5H2. The third-order valence-electron chi connectivity index (χ3n) is 2.56. The van der Waals surface area contributed by atoms with Crippen molar-refractivity contribution >= 4 is 23.2 Å². The van der Waals surface area contributed by atoms with E-state index in [0.29, 0.717) is 16.2 Å². The van der Waals surface area contributed by atoms with Gasteiger partial charge in [-0.1, -0.05) is 29.6 Å². The van der Waals surface area contributed by atoms with Crippen molar-refractivity contribution < 1.29 is 0 Å². The van der Waals surface area contributed by atoms with Gasteiger partial charge in [0, 0.05) is 12.2 Å². The van der Waals surface area contributed by atoms with Crippen molar-refractivity contribution in [1.82, 2.24) is 10.3 Å². The lowest BCUT2D eigenvalue weighted by atomic mass is 9.98. The van der Waals surface area contributed by atoms with Crippen LogP contribution in [0, 0.1) is 0 Å². The Balaban J connectivity index is 2.26. The van der Waals surface area contributed by atoms with Gasteiger partial charge in [0.2, 0.25) is 0 Å². The highest BCUT2D eigenvalue weighted by atomic mass is 35.5. The normalized spacial score (nSPS) is 22.3. The maximum absolute atomic E-state index is 6.09. The second kappa shape index (κ2) is 4.47. The molecule has 1 aromatic rings. The van der Waals surface area contributed by atoms with E-state index in [2.05, 4.69) is 10.3 Å². The Bertz CT molecular complexity index is 322. The molecule has 0 spiro atoms. The number of hydrogen-bond acceptors (Lipinski definition) is 2. The molecule has 2 rings (SSSR count). The maximum Gasteiger partial charge on any atom is 0.147 e. The first-order valence-electron chi connectivity index (χ1n) is 4.82. The van der Waals surface area contributed by atoms with Crippen molar-refractivity contribution in [2.75, 3.05) is 6.54 Å². The fourth-order valence-electron chi connectivity index (χ4n) is 1.82. The van der Waals surface area contributed by atoms with Crippen LogP contribution in [0.2, 0.25) is 10.2 Å². The molecular formula is C10H12Cl2N2. The van der Waals surface area contributed by atoms with E-state index in [1.165, 1.54) is 12.8 Å². The van der Waals surface area contributed by atoms with Crippen molar-refractivity contribution in [3.8, 4) is 0 Å². The van der Waals surface area contributed by atoms with Crippen molar-refractivity contribution in [3.63, 3.8) is 0 Å². The fraction of sp³-hybridized carbons (Fsp3) is 0.500. The van der Waals surface area contributed by atoms with E-state index in [9.17, 15) is 0 Å². The van der Waals surface area contributed by atoms with Crippen LogP contribution in [0.15, 0.2) is 12.3 Å². The molecule has 4 heteroatoms. The van der Waals surface area contributed by atoms with Gasteiger partial charge in [-0.05, 0) is 31.0 Å². The van der Waals surface area contributed by atoms with Gasteiger partial charge >= 0.3 is 0 Å². The Labute approximate surface area is 93.6 Å². The second-order valence-corrected chi connectivity index (χ2v) is 4.24. The molecule has 1 fully saturated rings. The van der Waals surface area contributed by atoms with E-state index >= 15 is 0 Å². The Hall–Kier alpha value is -0.310. The number of nitrogens with zero attached hydrogens (tertiary/aromatic N) is 1. The largest absolute Gasteiger partial charge is 0.310 e. The van der Waals surface area contributed by atoms with E-state index in [1.54, 1.807) is 6.20 Å². The van der Waals surface area contributed by atoms with Crippen LogP contribution < -0.4 is 5.32 Å². The molecule has 0 aliphatic carbocycles. The SMILES string of the molecule is Clc1nccc(C2CCCCN2)c1Cl. The fourth-order valence-corrected chi connectivity index (χ4v) is 2.23. The lowest BCUT2D eigenvalue weighted by molar-refractivity contribution is 0.412. The van der Waals surface area contributed by atoms with Gasteiger partial charge in [-0.25, -0.2) is 4.98 Å². The summed E-state index contributed by atoms with van der Waals surface area (Å²) in [5.41, 5.74) is 1.08. The van der Waals surface area contributed by atoms with Crippen LogP contribution in [0.4, 0.5) is 0 Å². The number of halogens is 2. The Morgan fingerprint density at radius 2 is 2.21 bits per heavy atom. The Morgan fingerprint density at radius 3 is 2.93 bits per heavy atom. The van der Waals surface area contributed by atoms with Crippen LogP contribution in [-0.4, -0.2) is 11.5 Å². The summed E-state index contributed by atoms with van der Waals surface area (Å²) in [4.78, 5) is 3.94. The van der Waals surface area contributed by atoms with Crippen LogP contribution in [-0.2, 0) is 0 Å². The van der Waals surface area contributed by atoms with Crippen LogP contribution >= 0.6 is 23.2 Å². The molecule has 1 N–H and O–H groups in total. The molecule has 1 atom stereocenters. The summed E-state index contributed by atoms with van der Waals surface area (Å²) in [7, 11) is 0. The highest BCUT2D eigenvalue weighted by molar-refractivity contribution is 6.41. The molecule has 1 aromatic heterocycles. The molecule has 0 aromatic carbocycles. The minimum atomic E-state index is 0.344. The third-order valence-corrected chi connectivity index (χ3v) is 3.34. The Morgan fingerprint density at radius 1 is 1.36 bits per heavy atom. The lowest BCUT2D eigenvalue weighted by Gasteiger charge is -2.24. The van der Waals surface area contributed by atoms with Gasteiger partial charge in [-0.15, -0.1) is 0 Å². The zero-order valence-electron chi connectivity index (χ0n) is 7.76. The molecule has 1 aliphatic heterocycles. The molecule has 1 aliphatic rings. The zero-order valence-corrected chi connectivity index (χ0v) is 9.28. The van der Waals surface area contributed by atoms with Gasteiger partial charge in [-0.3, -0.25) is 0 Å². The highest BCUT2D eigenvalue weighted by Gasteiger charge is 2.18. The van der Waals surface area contributed by atoms with E-state index in [1.807, 2.05) is 6.07 Å². The van der Waals surface area contributed by atoms with Gasteiger partial charge in [0.15, 0.2) is 0 Å². The number of hydrogen-bond donors (Lipinski definition) is 1.